The number of nitrogens with zero attached hydrogens (tertiary/aromatic N) is 3. The Morgan fingerprint density at radius 1 is 1.56 bits per heavy atom. The number of aryl methyl sites for hydroxylation is 1. The van der Waals surface area contributed by atoms with Gasteiger partial charge >= 0.3 is 0 Å². The molecule has 0 aliphatic rings. The summed E-state index contributed by atoms with van der Waals surface area (Å²) in [5.74, 6) is 0. The third-order valence-electron chi connectivity index (χ3n) is 2.29. The Morgan fingerprint density at radius 3 is 2.78 bits per heavy atom. The van der Waals surface area contributed by atoms with Crippen molar-refractivity contribution in [1.29, 1.82) is 0 Å². The van der Waals surface area contributed by atoms with Gasteiger partial charge in [0, 0.05) is 11.9 Å². The Balaban J connectivity index is 2.28. The van der Waals surface area contributed by atoms with Crippen molar-refractivity contribution in [1.82, 2.24) is 19.7 Å². The van der Waals surface area contributed by atoms with Crippen LogP contribution in [-0.2, 0) is 17.1 Å². The quantitative estimate of drug-likeness (QED) is 0.909. The third-order valence-corrected chi connectivity index (χ3v) is 5.78. The molecular weight excluding hydrogens is 340 g/mol. The van der Waals surface area contributed by atoms with E-state index in [-0.39, 0.29) is 15.7 Å². The van der Waals surface area contributed by atoms with E-state index in [0.717, 1.165) is 4.88 Å². The van der Waals surface area contributed by atoms with Crippen molar-refractivity contribution in [3.63, 3.8) is 0 Å². The molecule has 0 fully saturated rings. The fourth-order valence-electron chi connectivity index (χ4n) is 1.49. The second kappa shape index (κ2) is 5.08. The van der Waals surface area contributed by atoms with E-state index in [2.05, 4.69) is 31.0 Å². The maximum Gasteiger partial charge on any atom is 0.261 e. The second-order valence-corrected chi connectivity index (χ2v) is 7.03. The standard InChI is InChI=1S/C9H11BrN4O2S2/c1-6(7-4-3-5-17-7)12-18(15,16)9-8(10)11-13-14(9)2/h3-6,12H,1-2H3. The molecule has 2 heterocycles. The number of thiophene rings is 1. The Morgan fingerprint density at radius 2 is 2.28 bits per heavy atom. The lowest BCUT2D eigenvalue weighted by molar-refractivity contribution is 0.549. The molecule has 9 heteroatoms. The molecule has 1 atom stereocenters. The minimum absolute atomic E-state index is 0.0194. The highest BCUT2D eigenvalue weighted by atomic mass is 79.9. The number of halogens is 1. The van der Waals surface area contributed by atoms with Crippen molar-refractivity contribution in [3.05, 3.63) is 27.0 Å². The van der Waals surface area contributed by atoms with E-state index >= 15 is 0 Å². The lowest BCUT2D eigenvalue weighted by Crippen LogP contribution is -2.28. The zero-order valence-corrected chi connectivity index (χ0v) is 12.9. The van der Waals surface area contributed by atoms with Gasteiger partial charge in [0.1, 0.15) is 0 Å². The topological polar surface area (TPSA) is 76.9 Å². The van der Waals surface area contributed by atoms with Crippen LogP contribution >= 0.6 is 27.3 Å². The average molecular weight is 351 g/mol. The molecule has 2 aromatic rings. The first-order valence-corrected chi connectivity index (χ1v) is 8.18. The minimum atomic E-state index is -3.66. The molecule has 0 saturated carbocycles. The third kappa shape index (κ3) is 2.63. The first-order valence-electron chi connectivity index (χ1n) is 5.02. The van der Waals surface area contributed by atoms with Crippen LogP contribution in [0.15, 0.2) is 27.1 Å². The van der Waals surface area contributed by atoms with Gasteiger partial charge in [0.05, 0.1) is 6.04 Å². The van der Waals surface area contributed by atoms with E-state index in [1.807, 2.05) is 17.5 Å². The molecule has 0 bridgehead atoms. The Labute approximate surface area is 117 Å². The molecule has 1 N–H and O–H groups in total. The van der Waals surface area contributed by atoms with Crippen molar-refractivity contribution in [3.8, 4) is 0 Å². The van der Waals surface area contributed by atoms with Crippen LogP contribution in [0.5, 0.6) is 0 Å². The average Bonchev–Trinajstić information content (AvgIpc) is 2.87. The summed E-state index contributed by atoms with van der Waals surface area (Å²) in [5, 5.41) is 9.25. The van der Waals surface area contributed by atoms with E-state index in [9.17, 15) is 8.42 Å². The first kappa shape index (κ1) is 13.7. The maximum absolute atomic E-state index is 12.2. The molecule has 0 amide bonds. The summed E-state index contributed by atoms with van der Waals surface area (Å²) in [6.07, 6.45) is 0. The van der Waals surface area contributed by atoms with E-state index in [4.69, 9.17) is 0 Å². The zero-order chi connectivity index (χ0) is 13.3. The fraction of sp³-hybridized carbons (Fsp3) is 0.333. The normalized spacial score (nSPS) is 13.7. The molecule has 0 aromatic carbocycles. The number of hydrogen-bond acceptors (Lipinski definition) is 5. The summed E-state index contributed by atoms with van der Waals surface area (Å²) in [4.78, 5) is 0.949. The number of sulfonamides is 1. The molecule has 6 nitrogen and oxygen atoms in total. The molecule has 2 aromatic heterocycles. The SMILES string of the molecule is CC(NS(=O)(=O)c1c(Br)nnn1C)c1cccs1. The molecule has 0 radical (unpaired) electrons. The van der Waals surface area contributed by atoms with Crippen LogP contribution < -0.4 is 4.72 Å². The van der Waals surface area contributed by atoms with Gasteiger partial charge in [-0.1, -0.05) is 11.3 Å². The summed E-state index contributed by atoms with van der Waals surface area (Å²) in [7, 11) is -2.13. The number of hydrogen-bond donors (Lipinski definition) is 1. The van der Waals surface area contributed by atoms with E-state index in [0.29, 0.717) is 0 Å². The van der Waals surface area contributed by atoms with Crippen LogP contribution in [0.25, 0.3) is 0 Å². The second-order valence-electron chi connectivity index (χ2n) is 3.67. The van der Waals surface area contributed by atoms with Gasteiger partial charge in [-0.3, -0.25) is 0 Å². The highest BCUT2D eigenvalue weighted by molar-refractivity contribution is 9.10. The number of nitrogens with one attached hydrogen (secondary N) is 1. The van der Waals surface area contributed by atoms with Crippen molar-refractivity contribution >= 4 is 37.3 Å². The summed E-state index contributed by atoms with van der Waals surface area (Å²) in [5.41, 5.74) is 0. The predicted molar refractivity (Wildman–Crippen MR) is 71.8 cm³/mol. The molecular formula is C9H11BrN4O2S2. The van der Waals surface area contributed by atoms with Gasteiger partial charge in [-0.25, -0.2) is 17.8 Å². The molecule has 0 spiro atoms. The molecule has 0 aliphatic heterocycles. The van der Waals surface area contributed by atoms with E-state index < -0.39 is 10.0 Å². The molecule has 0 saturated heterocycles. The van der Waals surface area contributed by atoms with Crippen molar-refractivity contribution in [2.75, 3.05) is 0 Å². The van der Waals surface area contributed by atoms with Crippen LogP contribution in [-0.4, -0.2) is 23.4 Å². The smallest absolute Gasteiger partial charge is 0.235 e. The highest BCUT2D eigenvalue weighted by Crippen LogP contribution is 2.23. The monoisotopic (exact) mass is 350 g/mol. The Hall–Kier alpha value is -0.770. The van der Waals surface area contributed by atoms with Crippen molar-refractivity contribution in [2.45, 2.75) is 18.0 Å². The van der Waals surface area contributed by atoms with Gasteiger partial charge in [0.25, 0.3) is 10.0 Å². The van der Waals surface area contributed by atoms with Crippen LogP contribution in [0, 0.1) is 0 Å². The molecule has 2 rings (SSSR count). The lowest BCUT2D eigenvalue weighted by atomic mass is 10.3. The lowest BCUT2D eigenvalue weighted by Gasteiger charge is -2.12. The molecule has 18 heavy (non-hydrogen) atoms. The first-order chi connectivity index (χ1) is 8.42. The fourth-order valence-corrected chi connectivity index (χ4v) is 4.62. The van der Waals surface area contributed by atoms with Crippen molar-refractivity contribution < 1.29 is 8.42 Å². The largest absolute Gasteiger partial charge is 0.261 e. The van der Waals surface area contributed by atoms with Crippen LogP contribution in [0.2, 0.25) is 0 Å². The summed E-state index contributed by atoms with van der Waals surface area (Å²) >= 11 is 4.58. The van der Waals surface area contributed by atoms with Gasteiger partial charge in [0.2, 0.25) is 5.03 Å². The molecule has 98 valence electrons. The minimum Gasteiger partial charge on any atom is -0.235 e. The maximum atomic E-state index is 12.2. The Kier molecular flexibility index (Phi) is 3.85. The number of rotatable bonds is 4. The highest BCUT2D eigenvalue weighted by Gasteiger charge is 2.26. The predicted octanol–water partition coefficient (Wildman–Crippen LogP) is 1.68. The van der Waals surface area contributed by atoms with Gasteiger partial charge in [-0.05, 0) is 34.3 Å². The Bertz CT molecular complexity index is 616. The van der Waals surface area contributed by atoms with Crippen LogP contribution in [0.1, 0.15) is 17.8 Å². The van der Waals surface area contributed by atoms with Gasteiger partial charge < -0.3 is 0 Å². The van der Waals surface area contributed by atoms with E-state index in [1.54, 1.807) is 6.92 Å². The summed E-state index contributed by atoms with van der Waals surface area (Å²) < 4.78 is 28.4. The summed E-state index contributed by atoms with van der Waals surface area (Å²) in [6, 6.07) is 3.47. The van der Waals surface area contributed by atoms with Crippen LogP contribution in [0.3, 0.4) is 0 Å². The van der Waals surface area contributed by atoms with Gasteiger partial charge in [-0.15, -0.1) is 16.4 Å². The summed E-state index contributed by atoms with van der Waals surface area (Å²) in [6.45, 7) is 1.79. The molecule has 0 aliphatic carbocycles. The zero-order valence-electron chi connectivity index (χ0n) is 9.66. The number of aromatic nitrogens is 3. The van der Waals surface area contributed by atoms with Crippen LogP contribution in [0.4, 0.5) is 0 Å². The van der Waals surface area contributed by atoms with Gasteiger partial charge in [-0.2, -0.15) is 0 Å². The van der Waals surface area contributed by atoms with Gasteiger partial charge in [0.15, 0.2) is 4.60 Å². The van der Waals surface area contributed by atoms with E-state index in [1.165, 1.54) is 23.1 Å². The molecule has 1 unspecified atom stereocenters. The van der Waals surface area contributed by atoms with Crippen molar-refractivity contribution in [2.24, 2.45) is 7.05 Å².